The second-order valence-electron chi connectivity index (χ2n) is 1.13. The summed E-state index contributed by atoms with van der Waals surface area (Å²) in [6.07, 6.45) is -0.509. The summed E-state index contributed by atoms with van der Waals surface area (Å²) in [6.45, 7) is 0.521. The van der Waals surface area contributed by atoms with E-state index in [1.165, 1.54) is 0 Å². The van der Waals surface area contributed by atoms with Gasteiger partial charge in [0.05, 0.1) is 6.10 Å². The van der Waals surface area contributed by atoms with Crippen LogP contribution in [0, 0.1) is 0 Å². The van der Waals surface area contributed by atoms with E-state index in [0.29, 0.717) is 0 Å². The van der Waals surface area contributed by atoms with Crippen LogP contribution in [0.3, 0.4) is 0 Å². The van der Waals surface area contributed by atoms with Crippen LogP contribution in [0.2, 0.25) is 0 Å². The molecule has 0 radical (unpaired) electrons. The molecule has 9 heavy (non-hydrogen) atoms. The molecule has 6 nitrogen and oxygen atoms in total. The fourth-order valence-corrected chi connectivity index (χ4v) is 0.0962. The van der Waals surface area contributed by atoms with Crippen molar-refractivity contribution in [2.45, 2.75) is 6.10 Å². The van der Waals surface area contributed by atoms with Crippen molar-refractivity contribution in [3.8, 4) is 0 Å². The summed E-state index contributed by atoms with van der Waals surface area (Å²) in [7, 11) is 0. The topological polar surface area (TPSA) is 167 Å². The van der Waals surface area contributed by atoms with Gasteiger partial charge in [0.1, 0.15) is 0 Å². The Labute approximate surface area is 53.4 Å². The fraction of sp³-hybridized carbons (Fsp3) is 1.00. The first-order chi connectivity index (χ1) is 2.81. The highest BCUT2D eigenvalue weighted by atomic mass is 16.3. The molecule has 0 fully saturated rings. The molecule has 0 aromatic carbocycles. The first-order valence-electron chi connectivity index (χ1n) is 1.89. The zero-order chi connectivity index (χ0) is 4.99. The fourth-order valence-electron chi connectivity index (χ4n) is 0.0962. The van der Waals surface area contributed by atoms with E-state index in [1.807, 2.05) is 0 Å². The molecule has 0 atom stereocenters. The van der Waals surface area contributed by atoms with Gasteiger partial charge in [-0.2, -0.15) is 0 Å². The number of hydrogen-bond acceptors (Lipinski definition) is 3. The first-order valence-corrected chi connectivity index (χ1v) is 1.89. The van der Waals surface area contributed by atoms with Crippen LogP contribution in [0.15, 0.2) is 0 Å². The van der Waals surface area contributed by atoms with Crippen LogP contribution in [-0.4, -0.2) is 40.7 Å². The maximum Gasteiger partial charge on any atom is 0.0784 e. The van der Waals surface area contributed by atoms with Crippen molar-refractivity contribution in [3.63, 3.8) is 0 Å². The summed E-state index contributed by atoms with van der Waals surface area (Å²) in [5.74, 6) is 0. The van der Waals surface area contributed by atoms with Crippen molar-refractivity contribution in [1.82, 2.24) is 0 Å². The number of hydrogen-bond donors (Lipinski definition) is 3. The van der Waals surface area contributed by atoms with Crippen molar-refractivity contribution in [2.24, 2.45) is 11.5 Å². The first kappa shape index (κ1) is 23.3. The molecule has 0 aliphatic rings. The molecule has 0 rings (SSSR count). The molecule has 0 aliphatic carbocycles. The Morgan fingerprint density at radius 3 is 1.22 bits per heavy atom. The van der Waals surface area contributed by atoms with E-state index < -0.39 is 6.10 Å². The van der Waals surface area contributed by atoms with Crippen LogP contribution < -0.4 is 11.5 Å². The van der Waals surface area contributed by atoms with E-state index in [4.69, 9.17) is 16.6 Å². The van der Waals surface area contributed by atoms with Crippen molar-refractivity contribution in [1.29, 1.82) is 0 Å². The third-order valence-corrected chi connectivity index (χ3v) is 0.544. The largest absolute Gasteiger partial charge is 0.412 e. The Hall–Kier alpha value is -0.240. The molecule has 11 N–H and O–H groups in total. The van der Waals surface area contributed by atoms with Crippen LogP contribution in [0.1, 0.15) is 0 Å². The average molecular weight is 144 g/mol. The molecule has 0 amide bonds. The van der Waals surface area contributed by atoms with E-state index in [1.54, 1.807) is 0 Å². The molecular weight excluding hydrogens is 128 g/mol. The van der Waals surface area contributed by atoms with Gasteiger partial charge in [-0.15, -0.1) is 0 Å². The Morgan fingerprint density at radius 1 is 1.00 bits per heavy atom. The summed E-state index contributed by atoms with van der Waals surface area (Å²) in [5, 5.41) is 8.42. The average Bonchev–Trinajstić information content (AvgIpc) is 1.65. The lowest BCUT2D eigenvalue weighted by Crippen LogP contribution is -2.27. The van der Waals surface area contributed by atoms with Gasteiger partial charge in [-0.1, -0.05) is 0 Å². The summed E-state index contributed by atoms with van der Waals surface area (Å²) in [4.78, 5) is 0. The molecule has 0 aromatic rings. The maximum absolute atomic E-state index is 8.42. The third-order valence-electron chi connectivity index (χ3n) is 0.544. The van der Waals surface area contributed by atoms with Gasteiger partial charge >= 0.3 is 0 Å². The van der Waals surface area contributed by atoms with E-state index in [0.717, 1.165) is 0 Å². The molecule has 0 saturated carbocycles. The molecule has 0 heterocycles. The van der Waals surface area contributed by atoms with Gasteiger partial charge < -0.3 is 33.0 Å². The second-order valence-corrected chi connectivity index (χ2v) is 1.13. The Morgan fingerprint density at radius 2 is 1.22 bits per heavy atom. The summed E-state index contributed by atoms with van der Waals surface area (Å²) < 4.78 is 0. The minimum absolute atomic E-state index is 0. The Balaban J connectivity index is -0.0000000417. The quantitative estimate of drug-likeness (QED) is 0.358. The lowest BCUT2D eigenvalue weighted by atomic mass is 10.4. The normalized spacial score (nSPS) is 6.67. The summed E-state index contributed by atoms with van der Waals surface area (Å²) in [6, 6.07) is 0. The third kappa shape index (κ3) is 18.2. The van der Waals surface area contributed by atoms with Crippen LogP contribution in [0.4, 0.5) is 0 Å². The SMILES string of the molecule is NCC(O)CN.O.O.O. The number of rotatable bonds is 2. The van der Waals surface area contributed by atoms with E-state index in [9.17, 15) is 0 Å². The molecule has 0 saturated heterocycles. The number of aliphatic hydroxyl groups is 1. The molecule has 62 valence electrons. The van der Waals surface area contributed by atoms with Crippen molar-refractivity contribution >= 4 is 0 Å². The van der Waals surface area contributed by atoms with Gasteiger partial charge in [0.25, 0.3) is 0 Å². The van der Waals surface area contributed by atoms with Crippen molar-refractivity contribution < 1.29 is 21.5 Å². The van der Waals surface area contributed by atoms with Crippen LogP contribution in [0.5, 0.6) is 0 Å². The van der Waals surface area contributed by atoms with Gasteiger partial charge in [-0.05, 0) is 0 Å². The monoisotopic (exact) mass is 144 g/mol. The summed E-state index contributed by atoms with van der Waals surface area (Å²) in [5.41, 5.74) is 9.91. The van der Waals surface area contributed by atoms with Crippen molar-refractivity contribution in [3.05, 3.63) is 0 Å². The molecule has 0 aliphatic heterocycles. The Kier molecular flexibility index (Phi) is 40.5. The van der Waals surface area contributed by atoms with E-state index in [2.05, 4.69) is 0 Å². The highest BCUT2D eigenvalue weighted by molar-refractivity contribution is 4.52. The lowest BCUT2D eigenvalue weighted by Gasteiger charge is -1.98. The zero-order valence-electron chi connectivity index (χ0n) is 5.09. The molecule has 0 aromatic heterocycles. The molecule has 0 unspecified atom stereocenters. The highest BCUT2D eigenvalue weighted by Gasteiger charge is 1.91. The Bertz CT molecular complexity index is 33.0. The highest BCUT2D eigenvalue weighted by Crippen LogP contribution is 1.66. The standard InChI is InChI=1S/C3H10N2O.3H2O/c4-1-3(6)2-5;;;/h3,6H,1-2,4-5H2;3*1H2. The molecule has 0 spiro atoms. The number of nitrogens with two attached hydrogens (primary N) is 2. The molecule has 0 bridgehead atoms. The van der Waals surface area contributed by atoms with Gasteiger partial charge in [0, 0.05) is 13.1 Å². The predicted molar refractivity (Wildman–Crippen MR) is 35.0 cm³/mol. The minimum Gasteiger partial charge on any atom is -0.412 e. The number of aliphatic hydroxyl groups excluding tert-OH is 1. The summed E-state index contributed by atoms with van der Waals surface area (Å²) >= 11 is 0. The minimum atomic E-state index is -0.509. The van der Waals surface area contributed by atoms with Crippen LogP contribution in [0.25, 0.3) is 0 Å². The maximum atomic E-state index is 8.42. The van der Waals surface area contributed by atoms with Gasteiger partial charge in [-0.3, -0.25) is 0 Å². The molecular formula is C3H16N2O4. The van der Waals surface area contributed by atoms with Crippen LogP contribution in [-0.2, 0) is 0 Å². The lowest BCUT2D eigenvalue weighted by molar-refractivity contribution is 0.191. The zero-order valence-corrected chi connectivity index (χ0v) is 5.09. The van der Waals surface area contributed by atoms with Crippen molar-refractivity contribution in [2.75, 3.05) is 13.1 Å². The van der Waals surface area contributed by atoms with E-state index >= 15 is 0 Å². The van der Waals surface area contributed by atoms with Gasteiger partial charge in [0.15, 0.2) is 0 Å². The smallest absolute Gasteiger partial charge is 0.0784 e. The second kappa shape index (κ2) is 15.7. The predicted octanol–water partition coefficient (Wildman–Crippen LogP) is -4.21. The van der Waals surface area contributed by atoms with Gasteiger partial charge in [0.2, 0.25) is 0 Å². The van der Waals surface area contributed by atoms with Gasteiger partial charge in [-0.25, -0.2) is 0 Å². The van der Waals surface area contributed by atoms with Crippen LogP contribution >= 0.6 is 0 Å². The van der Waals surface area contributed by atoms with E-state index in [-0.39, 0.29) is 29.5 Å². The molecule has 6 heteroatoms.